The van der Waals surface area contributed by atoms with Crippen LogP contribution in [0.15, 0.2) is 24.3 Å². The second kappa shape index (κ2) is 7.89. The van der Waals surface area contributed by atoms with Crippen molar-refractivity contribution in [3.63, 3.8) is 0 Å². The average Bonchev–Trinajstić information content (AvgIpc) is 3.21. The van der Waals surface area contributed by atoms with Crippen LogP contribution in [0.5, 0.6) is 5.75 Å². The van der Waals surface area contributed by atoms with E-state index in [0.29, 0.717) is 27.9 Å². The van der Waals surface area contributed by atoms with Crippen LogP contribution in [0.1, 0.15) is 45.4 Å². The molecule has 4 aliphatic carbocycles. The Balaban J connectivity index is 1.20. The summed E-state index contributed by atoms with van der Waals surface area (Å²) in [7, 11) is 1.62. The Morgan fingerprint density at radius 2 is 1.68 bits per heavy atom. The van der Waals surface area contributed by atoms with Crippen LogP contribution >= 0.6 is 11.3 Å². The molecule has 6 rings (SSSR count). The molecule has 4 fully saturated rings. The van der Waals surface area contributed by atoms with Crippen LogP contribution in [-0.2, 0) is 9.59 Å². The third kappa shape index (κ3) is 3.93. The molecule has 4 aliphatic rings. The van der Waals surface area contributed by atoms with Gasteiger partial charge in [0.15, 0.2) is 0 Å². The van der Waals surface area contributed by atoms with Gasteiger partial charge in [0.05, 0.1) is 7.11 Å². The quantitative estimate of drug-likeness (QED) is 0.711. The molecule has 0 aliphatic heterocycles. The molecule has 2 aromatic rings. The number of methoxy groups -OCH3 is 1. The molecule has 2 amide bonds. The number of nitrogens with zero attached hydrogens (tertiary/aromatic N) is 2. The van der Waals surface area contributed by atoms with Crippen LogP contribution in [0.3, 0.4) is 0 Å². The average molecular weight is 441 g/mol. The maximum atomic E-state index is 13.2. The SMILES string of the molecule is COc1ccc(-c2nnc(NC(=O)C(C)NC(=O)C34CC5CC(CC(C5)C3)C4)s2)cc1. The van der Waals surface area contributed by atoms with Crippen LogP contribution in [0.25, 0.3) is 10.6 Å². The monoisotopic (exact) mass is 440 g/mol. The van der Waals surface area contributed by atoms with Crippen molar-refractivity contribution in [3.05, 3.63) is 24.3 Å². The highest BCUT2D eigenvalue weighted by atomic mass is 32.1. The molecule has 1 atom stereocenters. The summed E-state index contributed by atoms with van der Waals surface area (Å²) in [6.07, 6.45) is 6.82. The first-order chi connectivity index (χ1) is 14.9. The number of benzene rings is 1. The number of amides is 2. The van der Waals surface area contributed by atoms with E-state index in [9.17, 15) is 9.59 Å². The summed E-state index contributed by atoms with van der Waals surface area (Å²) in [4.78, 5) is 25.9. The van der Waals surface area contributed by atoms with Gasteiger partial charge in [0, 0.05) is 11.0 Å². The summed E-state index contributed by atoms with van der Waals surface area (Å²) >= 11 is 1.30. The third-order valence-electron chi connectivity index (χ3n) is 7.25. The van der Waals surface area contributed by atoms with Gasteiger partial charge < -0.3 is 10.1 Å². The van der Waals surface area contributed by atoms with Crippen molar-refractivity contribution in [3.8, 4) is 16.3 Å². The van der Waals surface area contributed by atoms with Gasteiger partial charge in [-0.1, -0.05) is 11.3 Å². The van der Waals surface area contributed by atoms with Crippen LogP contribution in [0.2, 0.25) is 0 Å². The maximum Gasteiger partial charge on any atom is 0.248 e. The van der Waals surface area contributed by atoms with Gasteiger partial charge in [0.25, 0.3) is 0 Å². The minimum Gasteiger partial charge on any atom is -0.497 e. The standard InChI is InChI=1S/C23H28N4O3S/c1-13(24-21(29)23-10-14-7-15(11-23)9-16(8-14)12-23)19(28)25-22-27-26-20(31-22)17-3-5-18(30-2)6-4-17/h3-6,13-16H,7-12H2,1-2H3,(H,24,29)(H,25,27,28). The molecule has 1 aromatic heterocycles. The predicted molar refractivity (Wildman–Crippen MR) is 119 cm³/mol. The summed E-state index contributed by atoms with van der Waals surface area (Å²) < 4.78 is 5.17. The van der Waals surface area contributed by atoms with Crippen LogP contribution < -0.4 is 15.4 Å². The number of anilines is 1. The lowest BCUT2D eigenvalue weighted by Crippen LogP contribution is -2.56. The smallest absolute Gasteiger partial charge is 0.248 e. The fourth-order valence-corrected chi connectivity index (χ4v) is 6.89. The Bertz CT molecular complexity index is 952. The molecule has 8 heteroatoms. The third-order valence-corrected chi connectivity index (χ3v) is 8.14. The van der Waals surface area contributed by atoms with E-state index in [-0.39, 0.29) is 17.2 Å². The first kappa shape index (κ1) is 20.4. The fraction of sp³-hybridized carbons (Fsp3) is 0.565. The van der Waals surface area contributed by atoms with Crippen molar-refractivity contribution in [1.29, 1.82) is 0 Å². The van der Waals surface area contributed by atoms with Crippen molar-refractivity contribution in [2.24, 2.45) is 23.2 Å². The summed E-state index contributed by atoms with van der Waals surface area (Å²) in [5.41, 5.74) is 0.648. The van der Waals surface area contributed by atoms with Crippen molar-refractivity contribution < 1.29 is 14.3 Å². The maximum absolute atomic E-state index is 13.2. The number of carbonyl (C=O) groups excluding carboxylic acids is 2. The number of nitrogens with one attached hydrogen (secondary N) is 2. The number of ether oxygens (including phenoxy) is 1. The molecule has 2 N–H and O–H groups in total. The Kier molecular flexibility index (Phi) is 5.20. The first-order valence-electron chi connectivity index (χ1n) is 11.0. The molecule has 1 aromatic carbocycles. The van der Waals surface area contributed by atoms with Crippen LogP contribution in [0, 0.1) is 23.2 Å². The van der Waals surface area contributed by atoms with Gasteiger partial charge in [-0.15, -0.1) is 10.2 Å². The molecule has 4 bridgehead atoms. The lowest BCUT2D eigenvalue weighted by atomic mass is 9.49. The van der Waals surface area contributed by atoms with Crippen molar-refractivity contribution in [2.45, 2.75) is 51.5 Å². The summed E-state index contributed by atoms with van der Waals surface area (Å²) in [6.45, 7) is 1.74. The zero-order valence-corrected chi connectivity index (χ0v) is 18.7. The molecule has 31 heavy (non-hydrogen) atoms. The molecule has 0 saturated heterocycles. The Hall–Kier alpha value is -2.48. The molecule has 1 heterocycles. The van der Waals surface area contributed by atoms with Gasteiger partial charge in [-0.05, 0) is 87.5 Å². The largest absolute Gasteiger partial charge is 0.497 e. The highest BCUT2D eigenvalue weighted by molar-refractivity contribution is 7.18. The van der Waals surface area contributed by atoms with Crippen molar-refractivity contribution >= 4 is 28.3 Å². The highest BCUT2D eigenvalue weighted by Gasteiger charge is 2.54. The zero-order chi connectivity index (χ0) is 21.6. The van der Waals surface area contributed by atoms with Crippen molar-refractivity contribution in [1.82, 2.24) is 15.5 Å². The second-order valence-electron chi connectivity index (χ2n) is 9.52. The van der Waals surface area contributed by atoms with Crippen LogP contribution in [0.4, 0.5) is 5.13 Å². The van der Waals surface area contributed by atoms with E-state index in [1.807, 2.05) is 24.3 Å². The molecule has 0 radical (unpaired) electrons. The number of aromatic nitrogens is 2. The minimum atomic E-state index is -0.617. The van der Waals surface area contributed by atoms with Crippen LogP contribution in [-0.4, -0.2) is 35.2 Å². The minimum absolute atomic E-state index is 0.0606. The normalized spacial score (nSPS) is 29.4. The summed E-state index contributed by atoms with van der Waals surface area (Å²) in [5.74, 6) is 2.64. The van der Waals surface area contributed by atoms with E-state index < -0.39 is 6.04 Å². The van der Waals surface area contributed by atoms with Gasteiger partial charge in [0.2, 0.25) is 16.9 Å². The summed E-state index contributed by atoms with van der Waals surface area (Å²) in [6, 6.07) is 6.90. The Morgan fingerprint density at radius 1 is 1.06 bits per heavy atom. The van der Waals surface area contributed by atoms with E-state index in [1.54, 1.807) is 14.0 Å². The van der Waals surface area contributed by atoms with Gasteiger partial charge in [-0.3, -0.25) is 14.9 Å². The van der Waals surface area contributed by atoms with Gasteiger partial charge in [-0.25, -0.2) is 0 Å². The number of rotatable bonds is 6. The molecule has 4 saturated carbocycles. The van der Waals surface area contributed by atoms with E-state index >= 15 is 0 Å². The Labute approximate surface area is 186 Å². The molecular formula is C23H28N4O3S. The lowest BCUT2D eigenvalue weighted by molar-refractivity contribution is -0.147. The van der Waals surface area contributed by atoms with E-state index in [0.717, 1.165) is 30.6 Å². The molecular weight excluding hydrogens is 412 g/mol. The Morgan fingerprint density at radius 3 is 2.26 bits per heavy atom. The molecule has 164 valence electrons. The van der Waals surface area contributed by atoms with Gasteiger partial charge in [-0.2, -0.15) is 0 Å². The van der Waals surface area contributed by atoms with E-state index in [2.05, 4.69) is 20.8 Å². The summed E-state index contributed by atoms with van der Waals surface area (Å²) in [5, 5.41) is 15.2. The topological polar surface area (TPSA) is 93.2 Å². The number of carbonyl (C=O) groups is 2. The molecule has 1 unspecified atom stereocenters. The first-order valence-corrected chi connectivity index (χ1v) is 11.9. The van der Waals surface area contributed by atoms with E-state index in [1.165, 1.54) is 30.6 Å². The molecule has 7 nitrogen and oxygen atoms in total. The van der Waals surface area contributed by atoms with Gasteiger partial charge in [0.1, 0.15) is 16.8 Å². The number of hydrogen-bond donors (Lipinski definition) is 2. The number of hydrogen-bond acceptors (Lipinski definition) is 6. The van der Waals surface area contributed by atoms with Crippen molar-refractivity contribution in [2.75, 3.05) is 12.4 Å². The molecule has 0 spiro atoms. The zero-order valence-electron chi connectivity index (χ0n) is 17.9. The van der Waals surface area contributed by atoms with Gasteiger partial charge >= 0.3 is 0 Å². The van der Waals surface area contributed by atoms with E-state index in [4.69, 9.17) is 4.74 Å². The second-order valence-corrected chi connectivity index (χ2v) is 10.5. The highest BCUT2D eigenvalue weighted by Crippen LogP contribution is 2.60. The fourth-order valence-electron chi connectivity index (χ4n) is 6.14. The lowest BCUT2D eigenvalue weighted by Gasteiger charge is -2.55. The predicted octanol–water partition coefficient (Wildman–Crippen LogP) is 3.87.